The molecular formula is C27H33NO4. The molecule has 0 bridgehead atoms. The SMILES string of the molecule is CN1C(=O)C=C[C@]2(C)[C@H]3CC[C@]4(C)[C@@H](O)/C(=C/c5cccc(C(=O)O)c5)C[C@H]4[C@@H]3CC[C@@H]12. The van der Waals surface area contributed by atoms with Crippen LogP contribution in [0.1, 0.15) is 61.9 Å². The monoisotopic (exact) mass is 435 g/mol. The molecule has 5 nitrogen and oxygen atoms in total. The van der Waals surface area contributed by atoms with E-state index in [2.05, 4.69) is 19.9 Å². The minimum absolute atomic E-state index is 0.0137. The Balaban J connectivity index is 1.47. The van der Waals surface area contributed by atoms with Crippen LogP contribution in [0.25, 0.3) is 6.08 Å². The Morgan fingerprint density at radius 1 is 1.19 bits per heavy atom. The van der Waals surface area contributed by atoms with Gasteiger partial charge in [0.1, 0.15) is 0 Å². The van der Waals surface area contributed by atoms with Gasteiger partial charge in [0.25, 0.3) is 0 Å². The molecule has 170 valence electrons. The van der Waals surface area contributed by atoms with Gasteiger partial charge in [-0.3, -0.25) is 4.79 Å². The number of carbonyl (C=O) groups is 2. The first-order valence-corrected chi connectivity index (χ1v) is 11.8. The molecule has 4 aliphatic rings. The molecule has 1 amide bonds. The largest absolute Gasteiger partial charge is 0.478 e. The Morgan fingerprint density at radius 3 is 2.72 bits per heavy atom. The number of carbonyl (C=O) groups excluding carboxylic acids is 1. The zero-order valence-corrected chi connectivity index (χ0v) is 19.1. The number of carboxylic acid groups (broad SMARTS) is 1. The third-order valence-corrected chi connectivity index (χ3v) is 9.48. The normalized spacial score (nSPS) is 41.9. The number of aromatic carboxylic acids is 1. The van der Waals surface area contributed by atoms with Crippen molar-refractivity contribution in [2.75, 3.05) is 7.05 Å². The summed E-state index contributed by atoms with van der Waals surface area (Å²) in [5.41, 5.74) is 1.97. The molecule has 1 aromatic carbocycles. The Kier molecular flexibility index (Phi) is 4.90. The van der Waals surface area contributed by atoms with Gasteiger partial charge in [-0.2, -0.15) is 0 Å². The summed E-state index contributed by atoms with van der Waals surface area (Å²) in [4.78, 5) is 25.6. The van der Waals surface area contributed by atoms with E-state index in [-0.39, 0.29) is 28.3 Å². The van der Waals surface area contributed by atoms with Gasteiger partial charge in [0.05, 0.1) is 11.7 Å². The van der Waals surface area contributed by atoms with Gasteiger partial charge < -0.3 is 15.1 Å². The van der Waals surface area contributed by atoms with E-state index in [1.807, 2.05) is 24.1 Å². The summed E-state index contributed by atoms with van der Waals surface area (Å²) in [7, 11) is 1.94. The maximum Gasteiger partial charge on any atom is 0.335 e. The standard InChI is InChI=1S/C27H33NO4/c1-26-12-10-23(29)28(3)22(26)8-7-19-20(26)9-11-27(2)21(19)15-18(24(27)30)14-16-5-4-6-17(13-16)25(31)32/h4-6,10,12-14,19-22,24,30H,7-9,11,15H2,1-3H3,(H,31,32)/b18-14+/t19-,20+,21+,22-,24+,26-,27+/m1/s1. The van der Waals surface area contributed by atoms with Crippen molar-refractivity contribution in [3.8, 4) is 0 Å². The average molecular weight is 436 g/mol. The molecule has 0 unspecified atom stereocenters. The van der Waals surface area contributed by atoms with Gasteiger partial charge in [-0.25, -0.2) is 4.79 Å². The van der Waals surface area contributed by atoms with E-state index in [1.165, 1.54) is 0 Å². The number of nitrogens with zero attached hydrogens (tertiary/aromatic N) is 1. The average Bonchev–Trinajstić information content (AvgIpc) is 3.02. The molecule has 5 heteroatoms. The molecule has 1 aliphatic heterocycles. The lowest BCUT2D eigenvalue weighted by atomic mass is 9.48. The van der Waals surface area contributed by atoms with Crippen molar-refractivity contribution in [2.24, 2.45) is 28.6 Å². The molecule has 1 aromatic rings. The van der Waals surface area contributed by atoms with Gasteiger partial charge in [0.2, 0.25) is 5.91 Å². The van der Waals surface area contributed by atoms with Crippen molar-refractivity contribution in [2.45, 2.75) is 58.1 Å². The first kappa shape index (κ1) is 21.4. The molecule has 0 radical (unpaired) electrons. The molecular weight excluding hydrogens is 402 g/mol. The molecule has 0 saturated heterocycles. The van der Waals surface area contributed by atoms with Crippen LogP contribution in [0, 0.1) is 28.6 Å². The molecule has 3 fully saturated rings. The van der Waals surface area contributed by atoms with Gasteiger partial charge in [-0.15, -0.1) is 0 Å². The van der Waals surface area contributed by atoms with Crippen LogP contribution in [-0.4, -0.2) is 46.2 Å². The summed E-state index contributed by atoms with van der Waals surface area (Å²) >= 11 is 0. The second kappa shape index (κ2) is 7.31. The first-order valence-electron chi connectivity index (χ1n) is 11.8. The fourth-order valence-corrected chi connectivity index (χ4v) is 7.71. The third kappa shape index (κ3) is 3.01. The molecule has 0 aromatic heterocycles. The molecule has 7 atom stereocenters. The molecule has 3 saturated carbocycles. The molecule has 0 spiro atoms. The smallest absolute Gasteiger partial charge is 0.335 e. The molecule has 1 heterocycles. The Morgan fingerprint density at radius 2 is 1.97 bits per heavy atom. The number of likely N-dealkylation sites (N-methyl/N-ethyl adjacent to an activating group) is 1. The third-order valence-electron chi connectivity index (χ3n) is 9.48. The molecule has 5 rings (SSSR count). The number of hydrogen-bond acceptors (Lipinski definition) is 3. The fraction of sp³-hybridized carbons (Fsp3) is 0.556. The van der Waals surface area contributed by atoms with Crippen molar-refractivity contribution >= 4 is 18.0 Å². The topological polar surface area (TPSA) is 77.8 Å². The first-order chi connectivity index (χ1) is 15.1. The summed E-state index contributed by atoms with van der Waals surface area (Å²) in [6.45, 7) is 4.57. The van der Waals surface area contributed by atoms with Gasteiger partial charge >= 0.3 is 5.97 Å². The van der Waals surface area contributed by atoms with Gasteiger partial charge in [-0.05, 0) is 79.2 Å². The summed E-state index contributed by atoms with van der Waals surface area (Å²) in [5, 5.41) is 20.7. The van der Waals surface area contributed by atoms with E-state index in [4.69, 9.17) is 0 Å². The molecule has 32 heavy (non-hydrogen) atoms. The summed E-state index contributed by atoms with van der Waals surface area (Å²) in [6, 6.07) is 7.20. The highest BCUT2D eigenvalue weighted by molar-refractivity contribution is 5.89. The van der Waals surface area contributed by atoms with E-state index in [0.717, 1.165) is 43.2 Å². The minimum Gasteiger partial charge on any atom is -0.478 e. The lowest BCUT2D eigenvalue weighted by Gasteiger charge is -2.59. The number of carboxylic acids is 1. The Hall–Kier alpha value is -2.40. The zero-order chi connectivity index (χ0) is 22.8. The van der Waals surface area contributed by atoms with Gasteiger partial charge in [0.15, 0.2) is 0 Å². The highest BCUT2D eigenvalue weighted by Gasteiger charge is 2.61. The van der Waals surface area contributed by atoms with Crippen LogP contribution in [0.2, 0.25) is 0 Å². The summed E-state index contributed by atoms with van der Waals surface area (Å²) in [5.74, 6) is 0.603. The van der Waals surface area contributed by atoms with Gasteiger partial charge in [0, 0.05) is 23.9 Å². The van der Waals surface area contributed by atoms with E-state index in [0.29, 0.717) is 17.8 Å². The van der Waals surface area contributed by atoms with E-state index < -0.39 is 12.1 Å². The molecule has 3 aliphatic carbocycles. The molecule has 2 N–H and O–H groups in total. The van der Waals surface area contributed by atoms with Crippen LogP contribution in [0.4, 0.5) is 0 Å². The van der Waals surface area contributed by atoms with E-state index >= 15 is 0 Å². The Labute approximate surface area is 189 Å². The second-order valence-electron chi connectivity index (χ2n) is 10.9. The van der Waals surface area contributed by atoms with Crippen LogP contribution in [-0.2, 0) is 4.79 Å². The van der Waals surface area contributed by atoms with Crippen LogP contribution in [0.5, 0.6) is 0 Å². The quantitative estimate of drug-likeness (QED) is 0.723. The number of hydrogen-bond donors (Lipinski definition) is 2. The lowest BCUT2D eigenvalue weighted by molar-refractivity contribution is -0.140. The minimum atomic E-state index is -0.935. The fourth-order valence-electron chi connectivity index (χ4n) is 7.71. The zero-order valence-electron chi connectivity index (χ0n) is 19.1. The lowest BCUT2D eigenvalue weighted by Crippen LogP contribution is -2.59. The van der Waals surface area contributed by atoms with Crippen LogP contribution in [0.3, 0.4) is 0 Å². The van der Waals surface area contributed by atoms with Crippen molar-refractivity contribution in [1.82, 2.24) is 4.90 Å². The number of aliphatic hydroxyl groups excluding tert-OH is 1. The predicted molar refractivity (Wildman–Crippen MR) is 123 cm³/mol. The summed E-state index contributed by atoms with van der Waals surface area (Å²) in [6.07, 6.45) is 10.4. The number of fused-ring (bicyclic) bond motifs is 5. The van der Waals surface area contributed by atoms with Crippen LogP contribution in [0.15, 0.2) is 42.0 Å². The highest BCUT2D eigenvalue weighted by Crippen LogP contribution is 2.65. The predicted octanol–water partition coefficient (Wildman–Crippen LogP) is 4.38. The summed E-state index contributed by atoms with van der Waals surface area (Å²) < 4.78 is 0. The van der Waals surface area contributed by atoms with Crippen LogP contribution < -0.4 is 0 Å². The van der Waals surface area contributed by atoms with Crippen molar-refractivity contribution < 1.29 is 19.8 Å². The second-order valence-corrected chi connectivity index (χ2v) is 10.9. The maximum absolute atomic E-state index is 12.3. The number of benzene rings is 1. The van der Waals surface area contributed by atoms with E-state index in [9.17, 15) is 19.8 Å². The van der Waals surface area contributed by atoms with Gasteiger partial charge in [-0.1, -0.05) is 38.1 Å². The van der Waals surface area contributed by atoms with Crippen molar-refractivity contribution in [3.63, 3.8) is 0 Å². The number of amides is 1. The Bertz CT molecular complexity index is 1030. The number of aliphatic hydroxyl groups is 1. The van der Waals surface area contributed by atoms with Crippen molar-refractivity contribution in [3.05, 3.63) is 53.1 Å². The number of rotatable bonds is 2. The highest BCUT2D eigenvalue weighted by atomic mass is 16.4. The van der Waals surface area contributed by atoms with E-state index in [1.54, 1.807) is 24.3 Å². The van der Waals surface area contributed by atoms with Crippen molar-refractivity contribution in [1.29, 1.82) is 0 Å². The van der Waals surface area contributed by atoms with Crippen LogP contribution >= 0.6 is 0 Å². The maximum atomic E-state index is 12.3.